The molecular weight excluding hydrogens is 177 g/mol. The quantitative estimate of drug-likeness (QED) is 0.355. The summed E-state index contributed by atoms with van der Waals surface area (Å²) in [5, 5.41) is 37.1. The first-order chi connectivity index (χ1) is 7.96. The zero-order valence-electron chi connectivity index (χ0n) is 12.6. The van der Waals surface area contributed by atoms with Gasteiger partial charge in [-0.15, -0.1) is 0 Å². The van der Waals surface area contributed by atoms with Crippen LogP contribution in [0.2, 0.25) is 0 Å². The van der Waals surface area contributed by atoms with Crippen LogP contribution in [0.15, 0.2) is 0 Å². The third-order valence-electron chi connectivity index (χ3n) is 1.14. The lowest BCUT2D eigenvalue weighted by Gasteiger charge is -2.36. The molecule has 1 aliphatic heterocycles. The van der Waals surface area contributed by atoms with E-state index in [9.17, 15) is 19.7 Å². The minimum atomic E-state index is -4.54. The van der Waals surface area contributed by atoms with Crippen LogP contribution in [0.25, 0.3) is 0 Å². The van der Waals surface area contributed by atoms with Crippen LogP contribution < -0.4 is 0 Å². The molecule has 72 valence electrons. The minimum absolute atomic E-state index is 3.78. The van der Waals surface area contributed by atoms with Gasteiger partial charge in [-0.3, -0.25) is 0 Å². The van der Waals surface area contributed by atoms with Crippen LogP contribution in [0, 0.1) is 0 Å². The van der Waals surface area contributed by atoms with Gasteiger partial charge in [-0.2, -0.15) is 0 Å². The Bertz CT molecular complexity index is 394. The number of ether oxygens (including phenoxy) is 1. The predicted octanol–water partition coefficient (Wildman–Crippen LogP) is -2.24. The summed E-state index contributed by atoms with van der Waals surface area (Å²) in [7, 11) is 0. The highest BCUT2D eigenvalue weighted by Crippen LogP contribution is 2.21. The Balaban J connectivity index is 3.60. The van der Waals surface area contributed by atoms with Gasteiger partial charge in [0.25, 0.3) is 0 Å². The molecule has 4 N–H and O–H groups in total. The summed E-state index contributed by atoms with van der Waals surface area (Å²) in [6, 6.07) is 0. The first-order valence-corrected chi connectivity index (χ1v) is 2.74. The number of halogens is 1. The summed E-state index contributed by atoms with van der Waals surface area (Å²) in [5.41, 5.74) is 0. The van der Waals surface area contributed by atoms with Crippen molar-refractivity contribution in [1.29, 1.82) is 0 Å². The number of aliphatic hydroxyl groups is 4. The Morgan fingerprint density at radius 1 is 1.42 bits per heavy atom. The third-order valence-corrected chi connectivity index (χ3v) is 1.14. The molecule has 12 heavy (non-hydrogen) atoms. The molecule has 5 atom stereocenters. The van der Waals surface area contributed by atoms with Gasteiger partial charge in [-0.1, -0.05) is 0 Å². The fourth-order valence-corrected chi connectivity index (χ4v) is 0.578. The van der Waals surface area contributed by atoms with Crippen molar-refractivity contribution >= 4 is 0 Å². The summed E-state index contributed by atoms with van der Waals surface area (Å²) in [6.07, 6.45) is -21.4. The molecule has 1 aliphatic rings. The van der Waals surface area contributed by atoms with Gasteiger partial charge < -0.3 is 25.2 Å². The number of hydrogen-bond donors (Lipinski definition) is 4. The van der Waals surface area contributed by atoms with Crippen molar-refractivity contribution in [2.75, 3.05) is 6.56 Å². The lowest BCUT2D eigenvalue weighted by molar-refractivity contribution is -0.271. The first kappa shape index (κ1) is 3.85. The van der Waals surface area contributed by atoms with Gasteiger partial charge in [-0.05, 0) is 0 Å². The lowest BCUT2D eigenvalue weighted by atomic mass is 11.0. The second-order valence-electron chi connectivity index (χ2n) is 1.86. The van der Waals surface area contributed by atoms with Gasteiger partial charge in [0.2, 0.25) is 0 Å². The van der Waals surface area contributed by atoms with Crippen LogP contribution in [-0.2, 0) is 4.74 Å². The summed E-state index contributed by atoms with van der Waals surface area (Å²) in [4.78, 5) is 0. The zero-order chi connectivity index (χ0) is 15.7. The van der Waals surface area contributed by atoms with Gasteiger partial charge >= 0.3 is 0 Å². The number of alkyl halides is 1. The molecule has 0 amide bonds. The molecule has 0 saturated carbocycles. The Kier molecular flexibility index (Phi) is 1.16. The van der Waals surface area contributed by atoms with E-state index in [0.29, 0.717) is 0 Å². The van der Waals surface area contributed by atoms with E-state index in [2.05, 4.69) is 4.74 Å². The average molecular weight is 195 g/mol. The van der Waals surface area contributed by atoms with Crippen molar-refractivity contribution in [1.82, 2.24) is 0 Å². The molecule has 1 saturated heterocycles. The fourth-order valence-electron chi connectivity index (χ4n) is 0.578. The topological polar surface area (TPSA) is 90.2 Å². The largest absolute Gasteiger partial charge is 0.394 e. The maximum absolute atomic E-state index is 13.8. The molecule has 1 fully saturated rings. The Hall–Kier alpha value is -0.270. The molecule has 6 heteroatoms. The first-order valence-electron chi connectivity index (χ1n) is 6.24. The van der Waals surface area contributed by atoms with Crippen molar-refractivity contribution in [3.63, 3.8) is 0 Å². The van der Waals surface area contributed by atoms with E-state index in [-0.39, 0.29) is 0 Å². The maximum Gasteiger partial charge on any atom is 0.189 e. The molecule has 0 bridgehead atoms. The van der Waals surface area contributed by atoms with Crippen molar-refractivity contribution in [2.45, 2.75) is 30.7 Å². The van der Waals surface area contributed by atoms with E-state index >= 15 is 0 Å². The zero-order valence-corrected chi connectivity index (χ0v) is 5.58. The highest BCUT2D eigenvalue weighted by Gasteiger charge is 2.43. The smallest absolute Gasteiger partial charge is 0.189 e. The van der Waals surface area contributed by atoms with Crippen LogP contribution in [0.1, 0.15) is 9.60 Å². The second kappa shape index (κ2) is 3.63. The van der Waals surface area contributed by atoms with Gasteiger partial charge in [0.15, 0.2) is 12.4 Å². The van der Waals surface area contributed by atoms with Gasteiger partial charge in [0, 0.05) is 0 Å². The van der Waals surface area contributed by atoms with Crippen LogP contribution >= 0.6 is 0 Å². The molecule has 0 unspecified atom stereocenters. The molecular formula is C6H11FO5. The minimum Gasteiger partial charge on any atom is -0.394 e. The van der Waals surface area contributed by atoms with Crippen LogP contribution in [0.3, 0.4) is 0 Å². The monoisotopic (exact) mass is 195 g/mol. The maximum atomic E-state index is 13.8. The fraction of sp³-hybridized carbons (Fsp3) is 1.00. The van der Waals surface area contributed by atoms with Crippen LogP contribution in [0.5, 0.6) is 0 Å². The Labute approximate surface area is 77.8 Å². The van der Waals surface area contributed by atoms with Gasteiger partial charge in [-0.25, -0.2) is 4.39 Å². The highest BCUT2D eigenvalue weighted by atomic mass is 19.2. The van der Waals surface area contributed by atoms with E-state index in [1.54, 1.807) is 0 Å². The second-order valence-corrected chi connectivity index (χ2v) is 1.86. The van der Waals surface area contributed by atoms with Crippen molar-refractivity contribution in [3.8, 4) is 0 Å². The van der Waals surface area contributed by atoms with Crippen LogP contribution in [0.4, 0.5) is 4.39 Å². The van der Waals surface area contributed by atoms with E-state index in [4.69, 9.17) is 14.7 Å². The van der Waals surface area contributed by atoms with E-state index in [0.717, 1.165) is 0 Å². The molecule has 0 radical (unpaired) electrons. The molecule has 0 spiro atoms. The molecule has 0 aromatic rings. The van der Waals surface area contributed by atoms with E-state index in [1.807, 2.05) is 0 Å². The normalized spacial score (nSPS) is 89.6. The average Bonchev–Trinajstić information content (AvgIpc) is 2.12. The molecule has 0 aromatic heterocycles. The van der Waals surface area contributed by atoms with Crippen LogP contribution in [-0.4, -0.2) is 57.6 Å². The Morgan fingerprint density at radius 2 is 2.00 bits per heavy atom. The molecule has 0 aliphatic carbocycles. The molecule has 1 rings (SSSR count). The Morgan fingerprint density at radius 3 is 2.50 bits per heavy atom. The SMILES string of the molecule is [2H][13C]([2H])(O)[13C@]1([2H])O[13C@@]([2H])(O)[13C@@]([2H])(F)[13C@@]([2H])(O)[13C@]1([2H])O. The summed E-state index contributed by atoms with van der Waals surface area (Å²) >= 11 is 0. The highest BCUT2D eigenvalue weighted by molar-refractivity contribution is 4.88. The summed E-state index contributed by atoms with van der Waals surface area (Å²) in [5.74, 6) is 0. The van der Waals surface area contributed by atoms with E-state index < -0.39 is 37.2 Å². The van der Waals surface area contributed by atoms with Crippen molar-refractivity contribution in [2.24, 2.45) is 0 Å². The summed E-state index contributed by atoms with van der Waals surface area (Å²) < 4.78 is 66.3. The van der Waals surface area contributed by atoms with Gasteiger partial charge in [0.1, 0.15) is 18.2 Å². The molecule has 1 heterocycles. The summed E-state index contributed by atoms with van der Waals surface area (Å²) in [6.45, 7) is -3.98. The number of hydrogen-bond acceptors (Lipinski definition) is 5. The predicted molar refractivity (Wildman–Crippen MR) is 34.9 cm³/mol. The standard InChI is InChI=1S/C6H11FO5/c7-3-5(10)4(9)2(1-8)12-6(3)11/h2-6,8-11H,1H2/t2-,3-,4+,5+,6+/m0/s1/i1+1D2,2+1D,3+1D,4+1D,5+1D,6+1D. The van der Waals surface area contributed by atoms with E-state index in [1.165, 1.54) is 0 Å². The molecule has 5 nitrogen and oxygen atoms in total. The lowest BCUT2D eigenvalue weighted by Crippen LogP contribution is -2.56. The number of rotatable bonds is 1. The third kappa shape index (κ3) is 1.57. The van der Waals surface area contributed by atoms with Crippen molar-refractivity contribution in [3.05, 3.63) is 0 Å². The molecule has 0 aromatic carbocycles. The van der Waals surface area contributed by atoms with Gasteiger partial charge in [0.05, 0.1) is 16.2 Å². The van der Waals surface area contributed by atoms with Crippen molar-refractivity contribution < 1.29 is 39.1 Å².